The average Bonchev–Trinajstić information content (AvgIpc) is 2.62. The molecule has 1 aliphatic heterocycles. The van der Waals surface area contributed by atoms with Crippen LogP contribution >= 0.6 is 24.8 Å². The van der Waals surface area contributed by atoms with E-state index in [-0.39, 0.29) is 36.4 Å². The molecule has 0 aliphatic carbocycles. The standard InChI is InChI=1S/C20H23FN2O.2ClH/c21-18-8-6-17(7-9-18)20(24)10-12-23-13-11-22-15-19(23)14-16-4-2-1-3-5-16;;/h1-9,19,22H,10-15H2;2*1H. The molecule has 142 valence electrons. The van der Waals surface area contributed by atoms with Crippen molar-refractivity contribution in [2.24, 2.45) is 0 Å². The lowest BCUT2D eigenvalue weighted by Crippen LogP contribution is -2.52. The Kier molecular flexibility index (Phi) is 9.81. The van der Waals surface area contributed by atoms with E-state index < -0.39 is 0 Å². The van der Waals surface area contributed by atoms with E-state index in [0.717, 1.165) is 32.6 Å². The highest BCUT2D eigenvalue weighted by Gasteiger charge is 2.22. The molecule has 2 aromatic carbocycles. The normalized spacial score (nSPS) is 17.0. The molecule has 0 radical (unpaired) electrons. The highest BCUT2D eigenvalue weighted by Crippen LogP contribution is 2.13. The number of halogens is 3. The molecule has 26 heavy (non-hydrogen) atoms. The quantitative estimate of drug-likeness (QED) is 0.751. The summed E-state index contributed by atoms with van der Waals surface area (Å²) >= 11 is 0. The van der Waals surface area contributed by atoms with Crippen molar-refractivity contribution >= 4 is 30.6 Å². The molecule has 1 saturated heterocycles. The van der Waals surface area contributed by atoms with Crippen LogP contribution in [0.25, 0.3) is 0 Å². The van der Waals surface area contributed by atoms with Gasteiger partial charge in [-0.15, -0.1) is 24.8 Å². The van der Waals surface area contributed by atoms with Crippen LogP contribution in [0.1, 0.15) is 22.3 Å². The number of Topliss-reactive ketones (excluding diaryl/α,β-unsaturated/α-hetero) is 1. The molecule has 1 aliphatic rings. The van der Waals surface area contributed by atoms with Crippen LogP contribution in [0.3, 0.4) is 0 Å². The van der Waals surface area contributed by atoms with Crippen molar-refractivity contribution in [3.63, 3.8) is 0 Å². The van der Waals surface area contributed by atoms with Crippen LogP contribution in [0.2, 0.25) is 0 Å². The maximum atomic E-state index is 13.0. The maximum Gasteiger partial charge on any atom is 0.164 e. The van der Waals surface area contributed by atoms with E-state index in [1.165, 1.54) is 17.7 Å². The van der Waals surface area contributed by atoms with Gasteiger partial charge in [0.2, 0.25) is 0 Å². The Labute approximate surface area is 166 Å². The van der Waals surface area contributed by atoms with Gasteiger partial charge in [0, 0.05) is 44.2 Å². The van der Waals surface area contributed by atoms with Gasteiger partial charge < -0.3 is 5.32 Å². The lowest BCUT2D eigenvalue weighted by Gasteiger charge is -2.36. The van der Waals surface area contributed by atoms with Gasteiger partial charge in [0.25, 0.3) is 0 Å². The zero-order valence-corrected chi connectivity index (χ0v) is 16.2. The van der Waals surface area contributed by atoms with Crippen LogP contribution in [-0.2, 0) is 6.42 Å². The monoisotopic (exact) mass is 398 g/mol. The fourth-order valence-corrected chi connectivity index (χ4v) is 3.21. The molecule has 1 heterocycles. The van der Waals surface area contributed by atoms with Crippen LogP contribution in [-0.4, -0.2) is 42.9 Å². The van der Waals surface area contributed by atoms with E-state index in [4.69, 9.17) is 0 Å². The zero-order valence-electron chi connectivity index (χ0n) is 14.6. The molecular weight excluding hydrogens is 374 g/mol. The van der Waals surface area contributed by atoms with Gasteiger partial charge in [0.15, 0.2) is 5.78 Å². The number of carbonyl (C=O) groups is 1. The number of nitrogens with one attached hydrogen (secondary N) is 1. The number of carbonyl (C=O) groups excluding carboxylic acids is 1. The van der Waals surface area contributed by atoms with E-state index in [2.05, 4.69) is 34.5 Å². The summed E-state index contributed by atoms with van der Waals surface area (Å²) in [6.45, 7) is 3.60. The molecule has 0 bridgehead atoms. The lowest BCUT2D eigenvalue weighted by atomic mass is 10.0. The number of hydrogen-bond donors (Lipinski definition) is 1. The Morgan fingerprint density at radius 2 is 1.77 bits per heavy atom. The largest absolute Gasteiger partial charge is 0.314 e. The second kappa shape index (κ2) is 11.3. The Hall–Kier alpha value is -1.46. The van der Waals surface area contributed by atoms with Gasteiger partial charge in [0.05, 0.1) is 0 Å². The van der Waals surface area contributed by atoms with Gasteiger partial charge in [-0.25, -0.2) is 4.39 Å². The van der Waals surface area contributed by atoms with Crippen LogP contribution in [0.5, 0.6) is 0 Å². The summed E-state index contributed by atoms with van der Waals surface area (Å²) < 4.78 is 13.0. The first-order valence-corrected chi connectivity index (χ1v) is 8.50. The van der Waals surface area contributed by atoms with E-state index in [1.807, 2.05) is 6.07 Å². The third-order valence-electron chi connectivity index (χ3n) is 4.58. The number of benzene rings is 2. The molecule has 2 aromatic rings. The molecule has 6 heteroatoms. The predicted molar refractivity (Wildman–Crippen MR) is 108 cm³/mol. The lowest BCUT2D eigenvalue weighted by molar-refractivity contribution is 0.0935. The minimum absolute atomic E-state index is 0. The molecule has 1 unspecified atom stereocenters. The van der Waals surface area contributed by atoms with Gasteiger partial charge in [0.1, 0.15) is 5.82 Å². The third-order valence-corrected chi connectivity index (χ3v) is 4.58. The molecule has 1 fully saturated rings. The summed E-state index contributed by atoms with van der Waals surface area (Å²) in [6.07, 6.45) is 1.45. The first-order chi connectivity index (χ1) is 11.7. The van der Waals surface area contributed by atoms with E-state index in [0.29, 0.717) is 18.0 Å². The highest BCUT2D eigenvalue weighted by atomic mass is 35.5. The Morgan fingerprint density at radius 3 is 2.46 bits per heavy atom. The molecular formula is C20H25Cl2FN2O. The number of ketones is 1. The minimum atomic E-state index is -0.309. The van der Waals surface area contributed by atoms with Gasteiger partial charge in [-0.05, 0) is 36.2 Å². The minimum Gasteiger partial charge on any atom is -0.314 e. The first kappa shape index (κ1) is 22.6. The summed E-state index contributed by atoms with van der Waals surface area (Å²) in [6, 6.07) is 16.7. The predicted octanol–water partition coefficient (Wildman–Crippen LogP) is 3.76. The van der Waals surface area contributed by atoms with E-state index in [9.17, 15) is 9.18 Å². The Balaban J connectivity index is 0.00000169. The SMILES string of the molecule is Cl.Cl.O=C(CCN1CCNCC1Cc1ccccc1)c1ccc(F)cc1. The summed E-state index contributed by atoms with van der Waals surface area (Å²) in [4.78, 5) is 14.7. The topological polar surface area (TPSA) is 32.3 Å². The smallest absolute Gasteiger partial charge is 0.164 e. The molecule has 1 atom stereocenters. The van der Waals surface area contributed by atoms with Crippen molar-refractivity contribution in [2.75, 3.05) is 26.2 Å². The van der Waals surface area contributed by atoms with Gasteiger partial charge in [-0.1, -0.05) is 30.3 Å². The highest BCUT2D eigenvalue weighted by molar-refractivity contribution is 5.96. The summed E-state index contributed by atoms with van der Waals surface area (Å²) in [7, 11) is 0. The number of nitrogens with zero attached hydrogens (tertiary/aromatic N) is 1. The van der Waals surface area contributed by atoms with Crippen molar-refractivity contribution in [3.8, 4) is 0 Å². The molecule has 0 spiro atoms. The molecule has 3 rings (SSSR count). The first-order valence-electron chi connectivity index (χ1n) is 8.50. The average molecular weight is 399 g/mol. The van der Waals surface area contributed by atoms with Gasteiger partial charge >= 0.3 is 0 Å². The summed E-state index contributed by atoms with van der Waals surface area (Å²) in [5, 5.41) is 3.44. The Morgan fingerprint density at radius 1 is 1.08 bits per heavy atom. The van der Waals surface area contributed by atoms with Gasteiger partial charge in [-0.3, -0.25) is 9.69 Å². The zero-order chi connectivity index (χ0) is 16.8. The molecule has 0 aromatic heterocycles. The summed E-state index contributed by atoms with van der Waals surface area (Å²) in [5.41, 5.74) is 1.91. The van der Waals surface area contributed by atoms with E-state index in [1.54, 1.807) is 12.1 Å². The van der Waals surface area contributed by atoms with Crippen molar-refractivity contribution in [2.45, 2.75) is 18.9 Å². The molecule has 0 amide bonds. The van der Waals surface area contributed by atoms with E-state index >= 15 is 0 Å². The fraction of sp³-hybridized carbons (Fsp3) is 0.350. The molecule has 3 nitrogen and oxygen atoms in total. The maximum absolute atomic E-state index is 13.0. The number of hydrogen-bond acceptors (Lipinski definition) is 3. The fourth-order valence-electron chi connectivity index (χ4n) is 3.21. The van der Waals surface area contributed by atoms with Gasteiger partial charge in [-0.2, -0.15) is 0 Å². The van der Waals surface area contributed by atoms with Crippen molar-refractivity contribution in [1.82, 2.24) is 10.2 Å². The second-order valence-corrected chi connectivity index (χ2v) is 6.26. The van der Waals surface area contributed by atoms with Crippen LogP contribution in [0.15, 0.2) is 54.6 Å². The van der Waals surface area contributed by atoms with Crippen molar-refractivity contribution < 1.29 is 9.18 Å². The molecule has 0 saturated carbocycles. The second-order valence-electron chi connectivity index (χ2n) is 6.26. The number of rotatable bonds is 6. The summed E-state index contributed by atoms with van der Waals surface area (Å²) in [5.74, 6) is -0.233. The van der Waals surface area contributed by atoms with Crippen LogP contribution in [0.4, 0.5) is 4.39 Å². The number of piperazine rings is 1. The van der Waals surface area contributed by atoms with Crippen molar-refractivity contribution in [1.29, 1.82) is 0 Å². The van der Waals surface area contributed by atoms with Crippen LogP contribution < -0.4 is 5.32 Å². The molecule has 1 N–H and O–H groups in total. The van der Waals surface area contributed by atoms with Crippen LogP contribution in [0, 0.1) is 5.82 Å². The third kappa shape index (κ3) is 6.36. The van der Waals surface area contributed by atoms with Crippen molar-refractivity contribution in [3.05, 3.63) is 71.5 Å². The Bertz CT molecular complexity index is 667.